The molecular weight excluding hydrogens is 374 g/mol. The first-order chi connectivity index (χ1) is 14.7. The number of allylic oxidation sites excluding steroid dienone is 3. The van der Waals surface area contributed by atoms with Gasteiger partial charge in [-0.15, -0.1) is 0 Å². The molecule has 3 rings (SSSR count). The average molecular weight is 408 g/mol. The molecule has 158 valence electrons. The van der Waals surface area contributed by atoms with Crippen molar-refractivity contribution in [2.24, 2.45) is 0 Å². The fraction of sp³-hybridized carbons (Fsp3) is 0.200. The van der Waals surface area contributed by atoms with Crippen LogP contribution in [0.3, 0.4) is 0 Å². The molecule has 0 radical (unpaired) electrons. The number of aryl methyl sites for hydroxylation is 4. The van der Waals surface area contributed by atoms with Crippen LogP contribution in [-0.4, -0.2) is 0 Å². The minimum atomic E-state index is 0.751. The maximum atomic E-state index is 4.24. The summed E-state index contributed by atoms with van der Waals surface area (Å²) in [7, 11) is 0. The van der Waals surface area contributed by atoms with Crippen LogP contribution >= 0.6 is 0 Å². The Bertz CT molecular complexity index is 1140. The molecule has 31 heavy (non-hydrogen) atoms. The lowest BCUT2D eigenvalue weighted by Gasteiger charge is -2.15. The van der Waals surface area contributed by atoms with Gasteiger partial charge in [0, 0.05) is 12.2 Å². The summed E-state index contributed by atoms with van der Waals surface area (Å²) in [5.74, 6) is 0. The van der Waals surface area contributed by atoms with Crippen LogP contribution in [0.1, 0.15) is 40.3 Å². The van der Waals surface area contributed by atoms with Crippen molar-refractivity contribution >= 4 is 5.57 Å². The smallest absolute Gasteiger partial charge is 0.0400 e. The summed E-state index contributed by atoms with van der Waals surface area (Å²) in [6, 6.07) is 21.9. The molecule has 0 bridgehead atoms. The van der Waals surface area contributed by atoms with Gasteiger partial charge in [0.05, 0.1) is 0 Å². The summed E-state index contributed by atoms with van der Waals surface area (Å²) in [5.41, 5.74) is 13.0. The summed E-state index contributed by atoms with van der Waals surface area (Å²) < 4.78 is 0. The molecule has 0 aliphatic rings. The van der Waals surface area contributed by atoms with E-state index in [9.17, 15) is 0 Å². The van der Waals surface area contributed by atoms with Gasteiger partial charge in [0.25, 0.3) is 0 Å². The lowest BCUT2D eigenvalue weighted by atomic mass is 9.91. The van der Waals surface area contributed by atoms with Crippen LogP contribution in [0, 0.1) is 27.7 Å². The van der Waals surface area contributed by atoms with E-state index in [4.69, 9.17) is 0 Å². The molecule has 1 nitrogen and oxygen atoms in total. The van der Waals surface area contributed by atoms with Crippen molar-refractivity contribution in [3.63, 3.8) is 0 Å². The van der Waals surface area contributed by atoms with E-state index in [0.717, 1.165) is 23.4 Å². The zero-order valence-electron chi connectivity index (χ0n) is 19.5. The molecule has 3 aromatic rings. The summed E-state index contributed by atoms with van der Waals surface area (Å²) >= 11 is 0. The van der Waals surface area contributed by atoms with Gasteiger partial charge >= 0.3 is 0 Å². The lowest BCUT2D eigenvalue weighted by molar-refractivity contribution is 0.837. The number of benzene rings is 3. The second-order valence-corrected chi connectivity index (χ2v) is 8.53. The summed E-state index contributed by atoms with van der Waals surface area (Å²) in [5, 5.41) is 3.44. The van der Waals surface area contributed by atoms with Gasteiger partial charge in [-0.1, -0.05) is 78.9 Å². The van der Waals surface area contributed by atoms with Gasteiger partial charge in [-0.3, -0.25) is 0 Å². The third-order valence-electron chi connectivity index (χ3n) is 5.79. The third-order valence-corrected chi connectivity index (χ3v) is 5.79. The monoisotopic (exact) mass is 407 g/mol. The highest BCUT2D eigenvalue weighted by Gasteiger charge is 2.10. The Hall–Kier alpha value is -3.32. The largest absolute Gasteiger partial charge is 0.381 e. The van der Waals surface area contributed by atoms with Crippen molar-refractivity contribution < 1.29 is 0 Å². The highest BCUT2D eigenvalue weighted by Crippen LogP contribution is 2.31. The molecule has 0 aliphatic heterocycles. The van der Waals surface area contributed by atoms with Gasteiger partial charge in [0.15, 0.2) is 0 Å². The first-order valence-electron chi connectivity index (χ1n) is 10.8. The van der Waals surface area contributed by atoms with Crippen LogP contribution < -0.4 is 5.32 Å². The Morgan fingerprint density at radius 3 is 2.00 bits per heavy atom. The average Bonchev–Trinajstić information content (AvgIpc) is 2.74. The first-order valence-corrected chi connectivity index (χ1v) is 10.8. The van der Waals surface area contributed by atoms with E-state index in [0.29, 0.717) is 0 Å². The number of hydrogen-bond acceptors (Lipinski definition) is 1. The lowest BCUT2D eigenvalue weighted by Crippen LogP contribution is -2.10. The second-order valence-electron chi connectivity index (χ2n) is 8.53. The predicted octanol–water partition coefficient (Wildman–Crippen LogP) is 7.85. The summed E-state index contributed by atoms with van der Waals surface area (Å²) in [6.45, 7) is 19.9. The Balaban J connectivity index is 1.89. The molecule has 0 saturated carbocycles. The molecule has 3 aromatic carbocycles. The maximum absolute atomic E-state index is 4.24. The quantitative estimate of drug-likeness (QED) is 0.393. The second kappa shape index (κ2) is 9.66. The topological polar surface area (TPSA) is 12.0 Å². The zero-order valence-corrected chi connectivity index (χ0v) is 19.5. The van der Waals surface area contributed by atoms with E-state index in [1.165, 1.54) is 44.5 Å². The fourth-order valence-electron chi connectivity index (χ4n) is 3.59. The molecule has 0 amide bonds. The molecule has 0 unspecified atom stereocenters. The minimum absolute atomic E-state index is 0.751. The molecular formula is C30H33N. The van der Waals surface area contributed by atoms with Crippen molar-refractivity contribution in [3.05, 3.63) is 125 Å². The Kier molecular flexibility index (Phi) is 6.97. The van der Waals surface area contributed by atoms with Crippen LogP contribution in [0.15, 0.2) is 91.2 Å². The fourth-order valence-corrected chi connectivity index (χ4v) is 3.59. The van der Waals surface area contributed by atoms with Gasteiger partial charge in [-0.25, -0.2) is 0 Å². The predicted molar refractivity (Wildman–Crippen MR) is 136 cm³/mol. The highest BCUT2D eigenvalue weighted by molar-refractivity contribution is 5.83. The molecule has 0 heterocycles. The normalized spacial score (nSPS) is 11.3. The SMILES string of the molecule is C=C(/C=C(/C(=C)C)c1cc(-c2ccc(C)c(C)c2)ccc1C)NCc1ccc(C)cc1. The molecule has 1 heteroatoms. The van der Waals surface area contributed by atoms with Gasteiger partial charge < -0.3 is 5.32 Å². The van der Waals surface area contributed by atoms with E-state index in [1.807, 2.05) is 0 Å². The van der Waals surface area contributed by atoms with E-state index in [-0.39, 0.29) is 0 Å². The van der Waals surface area contributed by atoms with Gasteiger partial charge in [0.1, 0.15) is 0 Å². The number of hydrogen-bond donors (Lipinski definition) is 1. The van der Waals surface area contributed by atoms with Crippen molar-refractivity contribution in [3.8, 4) is 11.1 Å². The van der Waals surface area contributed by atoms with Gasteiger partial charge in [0.2, 0.25) is 0 Å². The van der Waals surface area contributed by atoms with Crippen molar-refractivity contribution in [2.75, 3.05) is 0 Å². The van der Waals surface area contributed by atoms with Crippen molar-refractivity contribution in [1.29, 1.82) is 0 Å². The highest BCUT2D eigenvalue weighted by atomic mass is 14.9. The van der Waals surface area contributed by atoms with Crippen LogP contribution in [0.2, 0.25) is 0 Å². The Morgan fingerprint density at radius 2 is 1.39 bits per heavy atom. The summed E-state index contributed by atoms with van der Waals surface area (Å²) in [4.78, 5) is 0. The molecule has 0 saturated heterocycles. The molecule has 1 N–H and O–H groups in total. The van der Waals surface area contributed by atoms with Crippen LogP contribution in [0.25, 0.3) is 16.7 Å². The first kappa shape index (κ1) is 22.4. The minimum Gasteiger partial charge on any atom is -0.381 e. The van der Waals surface area contributed by atoms with E-state index < -0.39 is 0 Å². The molecule has 0 fully saturated rings. The molecule has 0 aliphatic carbocycles. The van der Waals surface area contributed by atoms with Crippen LogP contribution in [0.4, 0.5) is 0 Å². The summed E-state index contributed by atoms with van der Waals surface area (Å²) in [6.07, 6.45) is 2.11. The standard InChI is InChI=1S/C30H33N/c1-20(2)29(17-25(7)31-19-26-12-8-21(3)9-13-26)30-18-28(15-11-23(30)5)27-14-10-22(4)24(6)16-27/h8-18,31H,1,7,19H2,2-6H3/b29-17-. The van der Waals surface area contributed by atoms with E-state index in [1.54, 1.807) is 0 Å². The number of rotatable bonds is 7. The van der Waals surface area contributed by atoms with E-state index in [2.05, 4.69) is 120 Å². The van der Waals surface area contributed by atoms with Gasteiger partial charge in [-0.2, -0.15) is 0 Å². The molecule has 0 spiro atoms. The number of nitrogens with one attached hydrogen (secondary N) is 1. The third kappa shape index (κ3) is 5.64. The molecule has 0 atom stereocenters. The maximum Gasteiger partial charge on any atom is 0.0400 e. The van der Waals surface area contributed by atoms with Crippen molar-refractivity contribution in [1.82, 2.24) is 5.32 Å². The van der Waals surface area contributed by atoms with Crippen LogP contribution in [0.5, 0.6) is 0 Å². The van der Waals surface area contributed by atoms with E-state index >= 15 is 0 Å². The van der Waals surface area contributed by atoms with Gasteiger partial charge in [-0.05, 0) is 91.3 Å². The van der Waals surface area contributed by atoms with Crippen molar-refractivity contribution in [2.45, 2.75) is 41.2 Å². The van der Waals surface area contributed by atoms with Crippen LogP contribution in [-0.2, 0) is 6.54 Å². The molecule has 0 aromatic heterocycles. The Morgan fingerprint density at radius 1 is 0.774 bits per heavy atom. The zero-order chi connectivity index (χ0) is 22.5. The Labute approximate surface area is 187 Å².